The van der Waals surface area contributed by atoms with Crippen molar-refractivity contribution >= 4 is 33.4 Å². The van der Waals surface area contributed by atoms with Crippen LogP contribution in [0.4, 0.5) is 5.69 Å². The summed E-state index contributed by atoms with van der Waals surface area (Å²) in [5, 5.41) is 10.7. The fraction of sp³-hybridized carbons (Fsp3) is 0.211. The van der Waals surface area contributed by atoms with Crippen LogP contribution >= 0.6 is 11.8 Å². The normalized spacial score (nSPS) is 16.6. The number of nitrogens with one attached hydrogen (secondary N) is 1. The van der Waals surface area contributed by atoms with Gasteiger partial charge in [-0.15, -0.1) is 11.8 Å². The van der Waals surface area contributed by atoms with E-state index in [1.54, 1.807) is 17.4 Å². The molecule has 2 N–H and O–H groups in total. The van der Waals surface area contributed by atoms with Crippen molar-refractivity contribution in [3.05, 3.63) is 69.6 Å². The summed E-state index contributed by atoms with van der Waals surface area (Å²) in [6, 6.07) is 11.9. The predicted molar refractivity (Wildman–Crippen MR) is 110 cm³/mol. The third-order valence-electron chi connectivity index (χ3n) is 4.33. The van der Waals surface area contributed by atoms with E-state index in [0.717, 1.165) is 11.1 Å². The largest absolute Gasteiger partial charge is 0.495 e. The topological polar surface area (TPSA) is 95.9 Å². The van der Waals surface area contributed by atoms with Gasteiger partial charge in [0.05, 0.1) is 18.4 Å². The van der Waals surface area contributed by atoms with E-state index in [0.29, 0.717) is 0 Å². The van der Waals surface area contributed by atoms with Crippen LogP contribution in [0.5, 0.6) is 5.75 Å². The van der Waals surface area contributed by atoms with Gasteiger partial charge in [0.15, 0.2) is 5.03 Å². The molecule has 2 aromatic carbocycles. The van der Waals surface area contributed by atoms with Crippen LogP contribution in [-0.4, -0.2) is 38.6 Å². The Morgan fingerprint density at radius 3 is 2.50 bits per heavy atom. The zero-order valence-electron chi connectivity index (χ0n) is 15.5. The lowest BCUT2D eigenvalue weighted by Gasteiger charge is -2.25. The average molecular weight is 421 g/mol. The number of benzene rings is 2. The molecule has 1 aliphatic rings. The van der Waals surface area contributed by atoms with Crippen molar-refractivity contribution < 1.29 is 23.1 Å². The molecule has 0 aromatic heterocycles. The number of carboxylic acids is 1. The average Bonchev–Trinajstić information content (AvgIpc) is 3.04. The minimum Gasteiger partial charge on any atom is -0.495 e. The number of hydrogen-bond donors (Lipinski definition) is 2. The highest BCUT2D eigenvalue weighted by Gasteiger charge is 2.33. The second-order valence-corrected chi connectivity index (χ2v) is 8.88. The van der Waals surface area contributed by atoms with Crippen molar-refractivity contribution in [2.24, 2.45) is 0 Å². The van der Waals surface area contributed by atoms with E-state index in [4.69, 9.17) is 9.84 Å². The molecule has 0 fully saturated rings. The number of carbonyl (C=O) groups is 1. The summed E-state index contributed by atoms with van der Waals surface area (Å²) in [6.07, 6.45) is 0. The van der Waals surface area contributed by atoms with Crippen LogP contribution in [0.15, 0.2) is 52.9 Å². The highest BCUT2D eigenvalue weighted by atomic mass is 32.2. The van der Waals surface area contributed by atoms with E-state index >= 15 is 0 Å². The number of sulfonamides is 1. The molecule has 0 radical (unpaired) electrons. The van der Waals surface area contributed by atoms with Gasteiger partial charge in [0.25, 0.3) is 10.0 Å². The Balaban J connectivity index is 1.84. The number of methoxy groups -OCH3 is 1. The van der Waals surface area contributed by atoms with Gasteiger partial charge in [-0.3, -0.25) is 4.72 Å². The first-order valence-electron chi connectivity index (χ1n) is 8.32. The fourth-order valence-electron chi connectivity index (χ4n) is 2.80. The summed E-state index contributed by atoms with van der Waals surface area (Å²) in [7, 11) is -0.815. The molecule has 0 saturated carbocycles. The Kier molecular flexibility index (Phi) is 5.57. The smallest absolute Gasteiger partial charge is 0.335 e. The molecule has 9 heteroatoms. The first-order chi connectivity index (χ1) is 13.2. The molecule has 1 unspecified atom stereocenters. The molecule has 0 aliphatic carbocycles. The minimum atomic E-state index is -3.89. The second kappa shape index (κ2) is 7.76. The quantitative estimate of drug-likeness (QED) is 0.737. The van der Waals surface area contributed by atoms with Gasteiger partial charge in [0, 0.05) is 12.5 Å². The molecule has 7 nitrogen and oxygen atoms in total. The number of aromatic carboxylic acids is 1. The molecule has 0 spiro atoms. The van der Waals surface area contributed by atoms with Crippen LogP contribution in [0.1, 0.15) is 26.9 Å². The van der Waals surface area contributed by atoms with Crippen LogP contribution in [0.25, 0.3) is 0 Å². The van der Waals surface area contributed by atoms with Gasteiger partial charge in [0.1, 0.15) is 11.1 Å². The van der Waals surface area contributed by atoms with Gasteiger partial charge in [-0.25, -0.2) is 4.79 Å². The highest BCUT2D eigenvalue weighted by Crippen LogP contribution is 2.43. The molecule has 2 aromatic rings. The maximum Gasteiger partial charge on any atom is 0.335 e. The molecule has 28 heavy (non-hydrogen) atoms. The van der Waals surface area contributed by atoms with E-state index < -0.39 is 16.0 Å². The van der Waals surface area contributed by atoms with E-state index in [2.05, 4.69) is 4.72 Å². The predicted octanol–water partition coefficient (Wildman–Crippen LogP) is 3.62. The van der Waals surface area contributed by atoms with Crippen molar-refractivity contribution in [2.45, 2.75) is 12.3 Å². The van der Waals surface area contributed by atoms with Gasteiger partial charge in [-0.2, -0.15) is 8.42 Å². The maximum absolute atomic E-state index is 12.9. The van der Waals surface area contributed by atoms with Crippen molar-refractivity contribution in [3.63, 3.8) is 0 Å². The van der Waals surface area contributed by atoms with Crippen molar-refractivity contribution in [2.75, 3.05) is 18.9 Å². The van der Waals surface area contributed by atoms with Crippen molar-refractivity contribution in [1.29, 1.82) is 0 Å². The zero-order chi connectivity index (χ0) is 20.5. The number of rotatable bonds is 6. The monoisotopic (exact) mass is 420 g/mol. The van der Waals surface area contributed by atoms with E-state index in [1.165, 1.54) is 37.1 Å². The van der Waals surface area contributed by atoms with Crippen LogP contribution in [-0.2, 0) is 10.0 Å². The number of anilines is 1. The molecule has 1 aliphatic heterocycles. The molecule has 0 bridgehead atoms. The summed E-state index contributed by atoms with van der Waals surface area (Å²) < 4.78 is 33.5. The summed E-state index contributed by atoms with van der Waals surface area (Å²) in [5.74, 6) is -0.990. The van der Waals surface area contributed by atoms with Crippen LogP contribution in [0.2, 0.25) is 0 Å². The lowest BCUT2D eigenvalue weighted by molar-refractivity contribution is 0.0696. The third kappa shape index (κ3) is 3.95. The van der Waals surface area contributed by atoms with Crippen LogP contribution in [0, 0.1) is 6.92 Å². The molecule has 0 amide bonds. The number of hydrogen-bond acceptors (Lipinski definition) is 6. The second-order valence-electron chi connectivity index (χ2n) is 6.29. The van der Waals surface area contributed by atoms with Crippen LogP contribution < -0.4 is 9.46 Å². The van der Waals surface area contributed by atoms with E-state index in [-0.39, 0.29) is 27.4 Å². The third-order valence-corrected chi connectivity index (χ3v) is 7.13. The van der Waals surface area contributed by atoms with Crippen LogP contribution in [0.3, 0.4) is 0 Å². The number of carboxylic acid groups (broad SMARTS) is 1. The maximum atomic E-state index is 12.9. The van der Waals surface area contributed by atoms with E-state index in [9.17, 15) is 13.2 Å². The highest BCUT2D eigenvalue weighted by molar-refractivity contribution is 8.04. The molecule has 148 valence electrons. The fourth-order valence-corrected chi connectivity index (χ4v) is 5.61. The Hall–Kier alpha value is -2.65. The standard InChI is InChI=1S/C19H20N2O5S2/c1-12-4-6-13(7-5-12)18-21(2)17(11-27-18)28(24,25)20-15-9-8-14(19(22)23)10-16(15)26-3/h4-11,18,20H,1-3H3,(H,22,23). The SMILES string of the molecule is COc1cc(C(=O)O)ccc1NS(=O)(=O)C1=CSC(c2ccc(C)cc2)N1C. The molecule has 1 atom stereocenters. The Bertz CT molecular complexity index is 1030. The molecular weight excluding hydrogens is 400 g/mol. The van der Waals surface area contributed by atoms with Crippen molar-refractivity contribution in [3.8, 4) is 5.75 Å². The first-order valence-corrected chi connectivity index (χ1v) is 10.7. The number of aryl methyl sites for hydroxylation is 1. The summed E-state index contributed by atoms with van der Waals surface area (Å²) in [5.41, 5.74) is 2.31. The lowest BCUT2D eigenvalue weighted by atomic mass is 10.1. The number of thioether (sulfide) groups is 1. The molecule has 1 heterocycles. The Morgan fingerprint density at radius 2 is 1.89 bits per heavy atom. The van der Waals surface area contributed by atoms with Crippen molar-refractivity contribution in [1.82, 2.24) is 4.90 Å². The summed E-state index contributed by atoms with van der Waals surface area (Å²) in [6.45, 7) is 2.00. The van der Waals surface area contributed by atoms with E-state index in [1.807, 2.05) is 31.2 Å². The van der Waals surface area contributed by atoms with Gasteiger partial charge in [-0.05, 0) is 30.7 Å². The number of ether oxygens (including phenoxy) is 1. The first kappa shape index (κ1) is 20.1. The lowest BCUT2D eigenvalue weighted by Crippen LogP contribution is -2.27. The van der Waals surface area contributed by atoms with Gasteiger partial charge >= 0.3 is 5.97 Å². The van der Waals surface area contributed by atoms with Gasteiger partial charge < -0.3 is 14.7 Å². The Labute approximate surface area is 168 Å². The van der Waals surface area contributed by atoms with Gasteiger partial charge in [0.2, 0.25) is 0 Å². The summed E-state index contributed by atoms with van der Waals surface area (Å²) >= 11 is 1.41. The van der Waals surface area contributed by atoms with Gasteiger partial charge in [-0.1, -0.05) is 29.8 Å². The minimum absolute atomic E-state index is 0.00647. The summed E-state index contributed by atoms with van der Waals surface area (Å²) in [4.78, 5) is 12.8. The molecular formula is C19H20N2O5S2. The molecule has 3 rings (SSSR count). The number of nitrogens with zero attached hydrogens (tertiary/aromatic N) is 1. The molecule has 0 saturated heterocycles. The Morgan fingerprint density at radius 1 is 1.21 bits per heavy atom. The zero-order valence-corrected chi connectivity index (χ0v) is 17.2.